The van der Waals surface area contributed by atoms with E-state index in [1.807, 2.05) is 13.8 Å². The van der Waals surface area contributed by atoms with Crippen molar-refractivity contribution in [3.05, 3.63) is 23.8 Å². The van der Waals surface area contributed by atoms with Gasteiger partial charge in [0.2, 0.25) is 11.6 Å². The Morgan fingerprint density at radius 3 is 2.46 bits per heavy atom. The number of hydrogen-bond donors (Lipinski definition) is 1. The standard InChI is InChI=1S/C31H44O4/c1-18(2)9-10-21-23-20(5)11-15-27-16-12-22-26(6,7)13-8-14-28(22)17-29(23,27)31(34,35-28)25(33)30(21,19(3)4)24(27)32/h9-11,18-19,21-23,34H,8,12-17H2,1-7H3/b10-9+/t21-,22+,23?,27-,28+,29?,30+,31+/m0/s1. The van der Waals surface area contributed by atoms with Crippen LogP contribution in [0.3, 0.4) is 0 Å². The number of carbonyl (C=O) groups excluding carboxylic acids is 2. The van der Waals surface area contributed by atoms with Gasteiger partial charge in [-0.2, -0.15) is 0 Å². The second-order valence-corrected chi connectivity index (χ2v) is 14.4. The van der Waals surface area contributed by atoms with Crippen LogP contribution in [0.4, 0.5) is 0 Å². The number of hydrogen-bond acceptors (Lipinski definition) is 4. The molecule has 0 aromatic rings. The first-order valence-electron chi connectivity index (χ1n) is 14.1. The maximum atomic E-state index is 15.1. The van der Waals surface area contributed by atoms with Crippen molar-refractivity contribution in [2.45, 2.75) is 105 Å². The van der Waals surface area contributed by atoms with Crippen molar-refractivity contribution in [1.29, 1.82) is 0 Å². The molecule has 1 heterocycles. The monoisotopic (exact) mass is 480 g/mol. The Morgan fingerprint density at radius 1 is 1.09 bits per heavy atom. The van der Waals surface area contributed by atoms with E-state index in [9.17, 15) is 9.90 Å². The van der Waals surface area contributed by atoms with Gasteiger partial charge in [-0.1, -0.05) is 71.8 Å². The number of ether oxygens (including phenoxy) is 1. The molecule has 6 aliphatic carbocycles. The van der Waals surface area contributed by atoms with Crippen LogP contribution in [-0.2, 0) is 14.3 Å². The normalized spacial score (nSPS) is 51.7. The Balaban J connectivity index is 1.70. The number of rotatable bonds is 3. The second kappa shape index (κ2) is 6.78. The first-order chi connectivity index (χ1) is 16.3. The Labute approximate surface area is 211 Å². The molecular weight excluding hydrogens is 436 g/mol. The summed E-state index contributed by atoms with van der Waals surface area (Å²) >= 11 is 0. The van der Waals surface area contributed by atoms with Crippen LogP contribution in [0.1, 0.15) is 93.4 Å². The lowest BCUT2D eigenvalue weighted by Crippen LogP contribution is -2.84. The number of Topliss-reactive ketones (excluding diaryl/α,β-unsaturated/α-hetero) is 2. The fourth-order valence-corrected chi connectivity index (χ4v) is 10.9. The molecule has 192 valence electrons. The topological polar surface area (TPSA) is 63.6 Å². The predicted molar refractivity (Wildman–Crippen MR) is 135 cm³/mol. The SMILES string of the molecule is CC1=CC[C@@]23CC[C@@H]4C(C)(C)CCC[C@@]45CC24C1[C@H](/C=C/C(C)C)[C@](C(C)C)(C3=O)C(=O)[C@@]4(O)O5. The summed E-state index contributed by atoms with van der Waals surface area (Å²) in [5.41, 5.74) is -2.10. The largest absolute Gasteiger partial charge is 0.359 e. The van der Waals surface area contributed by atoms with Crippen LogP contribution in [0.15, 0.2) is 23.8 Å². The molecule has 8 atom stereocenters. The summed E-state index contributed by atoms with van der Waals surface area (Å²) in [5.74, 6) is -2.04. The fraction of sp³-hybridized carbons (Fsp3) is 0.806. The van der Waals surface area contributed by atoms with E-state index in [-0.39, 0.29) is 40.7 Å². The average Bonchev–Trinajstić information content (AvgIpc) is 2.92. The molecule has 2 unspecified atom stereocenters. The molecule has 7 aliphatic rings. The third-order valence-corrected chi connectivity index (χ3v) is 12.0. The molecule has 6 fully saturated rings. The quantitative estimate of drug-likeness (QED) is 0.396. The van der Waals surface area contributed by atoms with Crippen LogP contribution < -0.4 is 0 Å². The van der Waals surface area contributed by atoms with Gasteiger partial charge in [-0.15, -0.1) is 0 Å². The van der Waals surface area contributed by atoms with E-state index in [2.05, 4.69) is 52.8 Å². The highest BCUT2D eigenvalue weighted by molar-refractivity contribution is 6.18. The third kappa shape index (κ3) is 2.31. The second-order valence-electron chi connectivity index (χ2n) is 14.4. The first kappa shape index (κ1) is 24.1. The number of ketones is 2. The molecule has 4 nitrogen and oxygen atoms in total. The molecule has 1 saturated heterocycles. The van der Waals surface area contributed by atoms with Crippen molar-refractivity contribution in [2.75, 3.05) is 0 Å². The zero-order valence-corrected chi connectivity index (χ0v) is 22.7. The molecule has 1 aliphatic heterocycles. The summed E-state index contributed by atoms with van der Waals surface area (Å²) in [6.45, 7) is 15.1. The van der Waals surface area contributed by atoms with Crippen LogP contribution in [0.5, 0.6) is 0 Å². The molecule has 0 aromatic carbocycles. The van der Waals surface area contributed by atoms with E-state index in [4.69, 9.17) is 4.74 Å². The van der Waals surface area contributed by atoms with Gasteiger partial charge in [-0.25, -0.2) is 0 Å². The fourth-order valence-electron chi connectivity index (χ4n) is 10.9. The Morgan fingerprint density at radius 2 is 1.80 bits per heavy atom. The lowest BCUT2D eigenvalue weighted by molar-refractivity contribution is -0.328. The van der Waals surface area contributed by atoms with Crippen molar-refractivity contribution < 1.29 is 19.4 Å². The summed E-state index contributed by atoms with van der Waals surface area (Å²) in [5, 5.41) is 12.7. The number of aliphatic hydroxyl groups is 1. The van der Waals surface area contributed by atoms with Crippen molar-refractivity contribution in [3.8, 4) is 0 Å². The van der Waals surface area contributed by atoms with Gasteiger partial charge in [0.25, 0.3) is 0 Å². The smallest absolute Gasteiger partial charge is 0.235 e. The molecule has 0 aromatic heterocycles. The molecule has 5 bridgehead atoms. The molecular formula is C31H44O4. The zero-order chi connectivity index (χ0) is 25.4. The molecule has 0 radical (unpaired) electrons. The first-order valence-corrected chi connectivity index (χ1v) is 14.1. The Kier molecular flexibility index (Phi) is 4.67. The van der Waals surface area contributed by atoms with Gasteiger partial charge < -0.3 is 9.84 Å². The van der Waals surface area contributed by atoms with Crippen molar-refractivity contribution in [2.24, 2.45) is 51.2 Å². The Hall–Kier alpha value is -1.26. The molecule has 35 heavy (non-hydrogen) atoms. The highest BCUT2D eigenvalue weighted by Crippen LogP contribution is 2.84. The predicted octanol–water partition coefficient (Wildman–Crippen LogP) is 6.03. The van der Waals surface area contributed by atoms with Gasteiger partial charge in [0, 0.05) is 11.3 Å². The molecule has 4 heteroatoms. The van der Waals surface area contributed by atoms with Gasteiger partial charge in [0.05, 0.1) is 11.0 Å². The summed E-state index contributed by atoms with van der Waals surface area (Å²) in [4.78, 5) is 29.8. The van der Waals surface area contributed by atoms with E-state index in [1.165, 1.54) is 5.57 Å². The van der Waals surface area contributed by atoms with Crippen LogP contribution in [-0.4, -0.2) is 28.1 Å². The van der Waals surface area contributed by atoms with Gasteiger partial charge in [0.1, 0.15) is 5.41 Å². The number of allylic oxidation sites excluding steroid dienone is 4. The van der Waals surface area contributed by atoms with Crippen LogP contribution in [0, 0.1) is 51.2 Å². The maximum absolute atomic E-state index is 15.1. The zero-order valence-electron chi connectivity index (χ0n) is 22.7. The molecule has 1 N–H and O–H groups in total. The molecule has 5 saturated carbocycles. The minimum absolute atomic E-state index is 0.0581. The van der Waals surface area contributed by atoms with Gasteiger partial charge >= 0.3 is 0 Å². The average molecular weight is 481 g/mol. The van der Waals surface area contributed by atoms with E-state index in [0.717, 1.165) is 32.1 Å². The highest BCUT2D eigenvalue weighted by Gasteiger charge is 2.92. The minimum Gasteiger partial charge on any atom is -0.359 e. The summed E-state index contributed by atoms with van der Waals surface area (Å²) in [6.07, 6.45) is 12.6. The van der Waals surface area contributed by atoms with Crippen LogP contribution in [0.2, 0.25) is 0 Å². The van der Waals surface area contributed by atoms with Crippen LogP contribution >= 0.6 is 0 Å². The summed E-state index contributed by atoms with van der Waals surface area (Å²) in [7, 11) is 0. The van der Waals surface area contributed by atoms with E-state index in [1.54, 1.807) is 0 Å². The van der Waals surface area contributed by atoms with Crippen LogP contribution in [0.25, 0.3) is 0 Å². The van der Waals surface area contributed by atoms with Gasteiger partial charge in [-0.3, -0.25) is 9.59 Å². The Bertz CT molecular complexity index is 1070. The van der Waals surface area contributed by atoms with Gasteiger partial charge in [-0.05, 0) is 74.5 Å². The van der Waals surface area contributed by atoms with Crippen molar-refractivity contribution in [3.63, 3.8) is 0 Å². The molecule has 0 amide bonds. The van der Waals surface area contributed by atoms with Gasteiger partial charge in [0.15, 0.2) is 5.78 Å². The highest BCUT2D eigenvalue weighted by atomic mass is 16.7. The molecule has 2 spiro atoms. The molecule has 7 rings (SSSR count). The minimum atomic E-state index is -1.89. The van der Waals surface area contributed by atoms with E-state index < -0.39 is 27.6 Å². The lowest BCUT2D eigenvalue weighted by atomic mass is 9.28. The third-order valence-electron chi connectivity index (χ3n) is 12.0. The number of carbonyl (C=O) groups is 2. The summed E-state index contributed by atoms with van der Waals surface area (Å²) < 4.78 is 6.97. The summed E-state index contributed by atoms with van der Waals surface area (Å²) in [6, 6.07) is 0. The maximum Gasteiger partial charge on any atom is 0.235 e. The lowest BCUT2D eigenvalue weighted by Gasteiger charge is -2.72. The van der Waals surface area contributed by atoms with E-state index in [0.29, 0.717) is 18.8 Å². The van der Waals surface area contributed by atoms with Crippen molar-refractivity contribution in [1.82, 2.24) is 0 Å². The van der Waals surface area contributed by atoms with Crippen molar-refractivity contribution >= 4 is 11.6 Å². The van der Waals surface area contributed by atoms with E-state index >= 15 is 4.79 Å².